The van der Waals surface area contributed by atoms with Gasteiger partial charge in [-0.1, -0.05) is 42.5 Å². The smallest absolute Gasteiger partial charge is 0.240 e. The van der Waals surface area contributed by atoms with E-state index in [9.17, 15) is 4.79 Å². The van der Waals surface area contributed by atoms with E-state index in [1.165, 1.54) is 11.1 Å². The summed E-state index contributed by atoms with van der Waals surface area (Å²) in [5.74, 6) is 0.150. The summed E-state index contributed by atoms with van der Waals surface area (Å²) < 4.78 is 0. The van der Waals surface area contributed by atoms with Crippen LogP contribution in [0.4, 0.5) is 5.69 Å². The Balaban J connectivity index is 1.72. The number of likely N-dealkylation sites (N-methyl/N-ethyl adjacent to an activating group) is 1. The second kappa shape index (κ2) is 6.97. The van der Waals surface area contributed by atoms with Gasteiger partial charge in [0, 0.05) is 18.8 Å². The minimum atomic E-state index is 0.150. The molecule has 3 rings (SSSR count). The number of carbonyl (C=O) groups excluding carboxylic acids is 1. The third-order valence-corrected chi connectivity index (χ3v) is 4.77. The van der Waals surface area contributed by atoms with E-state index in [1.54, 1.807) is 4.90 Å². The molecule has 0 radical (unpaired) electrons. The first-order valence-electron chi connectivity index (χ1n) is 8.28. The Morgan fingerprint density at radius 3 is 2.57 bits per heavy atom. The topological polar surface area (TPSA) is 23.6 Å². The Morgan fingerprint density at radius 2 is 1.83 bits per heavy atom. The van der Waals surface area contributed by atoms with Gasteiger partial charge in [0.15, 0.2) is 0 Å². The van der Waals surface area contributed by atoms with Crippen molar-refractivity contribution in [2.75, 3.05) is 25.0 Å². The first kappa shape index (κ1) is 15.8. The highest BCUT2D eigenvalue weighted by Gasteiger charge is 2.29. The summed E-state index contributed by atoms with van der Waals surface area (Å²) in [6, 6.07) is 18.7. The number of anilines is 1. The molecule has 0 bridgehead atoms. The monoisotopic (exact) mass is 308 g/mol. The molecule has 0 aliphatic carbocycles. The lowest BCUT2D eigenvalue weighted by Crippen LogP contribution is -2.38. The number of aryl methyl sites for hydroxylation is 1. The van der Waals surface area contributed by atoms with Gasteiger partial charge in [-0.2, -0.15) is 0 Å². The van der Waals surface area contributed by atoms with Crippen LogP contribution < -0.4 is 4.90 Å². The predicted molar refractivity (Wildman–Crippen MR) is 94.6 cm³/mol. The van der Waals surface area contributed by atoms with Crippen molar-refractivity contribution in [3.63, 3.8) is 0 Å². The summed E-state index contributed by atoms with van der Waals surface area (Å²) in [6.07, 6.45) is 2.29. The molecular weight excluding hydrogens is 284 g/mol. The molecule has 3 heteroatoms. The zero-order valence-corrected chi connectivity index (χ0v) is 13.9. The summed E-state index contributed by atoms with van der Waals surface area (Å²) in [5, 5.41) is 0. The normalized spacial score (nSPS) is 18.1. The molecule has 1 aliphatic rings. The van der Waals surface area contributed by atoms with Gasteiger partial charge in [-0.25, -0.2) is 0 Å². The standard InChI is InChI=1S/C20H24N2O/c1-16-9-6-7-12-18(16)19-13-8-14-22(19)15-20(23)21(2)17-10-4-3-5-11-17/h3-7,9-12,19H,8,13-15H2,1-2H3/t19-/m0/s1. The van der Waals surface area contributed by atoms with Gasteiger partial charge < -0.3 is 4.90 Å². The molecule has 0 unspecified atom stereocenters. The van der Waals surface area contributed by atoms with Crippen LogP contribution in [-0.2, 0) is 4.79 Å². The number of hydrogen-bond donors (Lipinski definition) is 0. The molecule has 0 spiro atoms. The molecule has 0 N–H and O–H groups in total. The fraction of sp³-hybridized carbons (Fsp3) is 0.350. The lowest BCUT2D eigenvalue weighted by Gasteiger charge is -2.27. The summed E-state index contributed by atoms with van der Waals surface area (Å²) in [4.78, 5) is 16.7. The maximum atomic E-state index is 12.6. The number of hydrogen-bond acceptors (Lipinski definition) is 2. The van der Waals surface area contributed by atoms with E-state index in [-0.39, 0.29) is 5.91 Å². The van der Waals surface area contributed by atoms with Gasteiger partial charge in [-0.3, -0.25) is 9.69 Å². The molecule has 1 fully saturated rings. The molecule has 0 saturated carbocycles. The van der Waals surface area contributed by atoms with Crippen LogP contribution in [0.5, 0.6) is 0 Å². The largest absolute Gasteiger partial charge is 0.314 e. The molecule has 23 heavy (non-hydrogen) atoms. The Kier molecular flexibility index (Phi) is 4.77. The molecule has 120 valence electrons. The predicted octanol–water partition coefficient (Wildman–Crippen LogP) is 3.79. The fourth-order valence-electron chi connectivity index (χ4n) is 3.40. The molecule has 1 atom stereocenters. The number of likely N-dealkylation sites (tertiary alicyclic amines) is 1. The molecule has 0 aromatic heterocycles. The van der Waals surface area contributed by atoms with Gasteiger partial charge >= 0.3 is 0 Å². The van der Waals surface area contributed by atoms with Crippen LogP contribution in [0.3, 0.4) is 0 Å². The van der Waals surface area contributed by atoms with Crippen LogP contribution >= 0.6 is 0 Å². The average Bonchev–Trinajstić information content (AvgIpc) is 3.03. The molecule has 1 aliphatic heterocycles. The highest BCUT2D eigenvalue weighted by Crippen LogP contribution is 2.33. The molecule has 3 nitrogen and oxygen atoms in total. The van der Waals surface area contributed by atoms with Gasteiger partial charge in [0.05, 0.1) is 6.54 Å². The minimum absolute atomic E-state index is 0.150. The van der Waals surface area contributed by atoms with E-state index in [4.69, 9.17) is 0 Å². The first-order chi connectivity index (χ1) is 11.2. The number of para-hydroxylation sites is 1. The van der Waals surface area contributed by atoms with E-state index in [0.717, 1.165) is 25.1 Å². The molecule has 2 aromatic rings. The van der Waals surface area contributed by atoms with Crippen molar-refractivity contribution in [3.8, 4) is 0 Å². The third kappa shape index (κ3) is 3.45. The SMILES string of the molecule is Cc1ccccc1[C@@H]1CCCN1CC(=O)N(C)c1ccccc1. The van der Waals surface area contributed by atoms with Crippen molar-refractivity contribution in [2.45, 2.75) is 25.8 Å². The zero-order valence-electron chi connectivity index (χ0n) is 13.9. The van der Waals surface area contributed by atoms with Crippen LogP contribution in [0.25, 0.3) is 0 Å². The number of carbonyl (C=O) groups is 1. The molecular formula is C20H24N2O. The average molecular weight is 308 g/mol. The summed E-state index contributed by atoms with van der Waals surface area (Å²) in [6.45, 7) is 3.63. The van der Waals surface area contributed by atoms with Crippen LogP contribution in [0.15, 0.2) is 54.6 Å². The second-order valence-electron chi connectivity index (χ2n) is 6.27. The molecule has 1 heterocycles. The number of rotatable bonds is 4. The van der Waals surface area contributed by atoms with E-state index in [1.807, 2.05) is 37.4 Å². The minimum Gasteiger partial charge on any atom is -0.314 e. The maximum Gasteiger partial charge on any atom is 0.240 e. The highest BCUT2D eigenvalue weighted by molar-refractivity contribution is 5.94. The summed E-state index contributed by atoms with van der Waals surface area (Å²) >= 11 is 0. The molecule has 2 aromatic carbocycles. The number of amides is 1. The lowest BCUT2D eigenvalue weighted by molar-refractivity contribution is -0.119. The summed E-state index contributed by atoms with van der Waals surface area (Å²) in [5.41, 5.74) is 3.62. The molecule has 1 saturated heterocycles. The Hall–Kier alpha value is -2.13. The fourth-order valence-corrected chi connectivity index (χ4v) is 3.40. The number of benzene rings is 2. The van der Waals surface area contributed by atoms with Crippen LogP contribution in [-0.4, -0.2) is 30.9 Å². The van der Waals surface area contributed by atoms with Crippen LogP contribution in [0, 0.1) is 6.92 Å². The van der Waals surface area contributed by atoms with Gasteiger partial charge in [-0.05, 0) is 49.6 Å². The van der Waals surface area contributed by atoms with E-state index in [2.05, 4.69) is 36.1 Å². The van der Waals surface area contributed by atoms with Crippen molar-refractivity contribution in [2.24, 2.45) is 0 Å². The quantitative estimate of drug-likeness (QED) is 0.858. The van der Waals surface area contributed by atoms with Crippen molar-refractivity contribution in [1.29, 1.82) is 0 Å². The summed E-state index contributed by atoms with van der Waals surface area (Å²) in [7, 11) is 1.86. The zero-order chi connectivity index (χ0) is 16.2. The van der Waals surface area contributed by atoms with Crippen molar-refractivity contribution in [3.05, 3.63) is 65.7 Å². The van der Waals surface area contributed by atoms with E-state index in [0.29, 0.717) is 12.6 Å². The maximum absolute atomic E-state index is 12.6. The van der Waals surface area contributed by atoms with E-state index >= 15 is 0 Å². The van der Waals surface area contributed by atoms with Crippen molar-refractivity contribution < 1.29 is 4.79 Å². The lowest BCUT2D eigenvalue weighted by atomic mass is 9.99. The van der Waals surface area contributed by atoms with Crippen molar-refractivity contribution in [1.82, 2.24) is 4.90 Å². The Labute approximate surface area is 138 Å². The Morgan fingerprint density at radius 1 is 1.13 bits per heavy atom. The van der Waals surface area contributed by atoms with Gasteiger partial charge in [-0.15, -0.1) is 0 Å². The number of nitrogens with zero attached hydrogens (tertiary/aromatic N) is 2. The van der Waals surface area contributed by atoms with Gasteiger partial charge in [0.25, 0.3) is 0 Å². The van der Waals surface area contributed by atoms with Crippen LogP contribution in [0.2, 0.25) is 0 Å². The van der Waals surface area contributed by atoms with Crippen molar-refractivity contribution >= 4 is 11.6 Å². The van der Waals surface area contributed by atoms with Crippen LogP contribution in [0.1, 0.15) is 30.0 Å². The Bertz CT molecular complexity index is 668. The van der Waals surface area contributed by atoms with E-state index < -0.39 is 0 Å². The highest BCUT2D eigenvalue weighted by atomic mass is 16.2. The second-order valence-corrected chi connectivity index (χ2v) is 6.27. The third-order valence-electron chi connectivity index (χ3n) is 4.77. The van der Waals surface area contributed by atoms with Gasteiger partial charge in [0.1, 0.15) is 0 Å². The van der Waals surface area contributed by atoms with Gasteiger partial charge in [0.2, 0.25) is 5.91 Å². The first-order valence-corrected chi connectivity index (χ1v) is 8.28. The molecule has 1 amide bonds.